The van der Waals surface area contributed by atoms with Gasteiger partial charge in [-0.2, -0.15) is 0 Å². The lowest BCUT2D eigenvalue weighted by atomic mass is 9.96. The van der Waals surface area contributed by atoms with E-state index in [2.05, 4.69) is 240 Å². The SMILES string of the molecule is c1ccc(-c2ccc(N(c3ccc(-c4cccc(-n5c6ccccc6c6ccccc65)c4)cc3)c3cc(-c4ccccc4)ccc3-c3ccccc3)cc2)cc1. The van der Waals surface area contributed by atoms with Gasteiger partial charge in [-0.3, -0.25) is 0 Å². The summed E-state index contributed by atoms with van der Waals surface area (Å²) in [5.41, 5.74) is 16.3. The largest absolute Gasteiger partial charge is 0.310 e. The summed E-state index contributed by atoms with van der Waals surface area (Å²) < 4.78 is 2.38. The molecule has 264 valence electrons. The van der Waals surface area contributed by atoms with E-state index in [-0.39, 0.29) is 0 Å². The highest BCUT2D eigenvalue weighted by molar-refractivity contribution is 6.09. The highest BCUT2D eigenvalue weighted by atomic mass is 15.1. The van der Waals surface area contributed by atoms with Crippen LogP contribution in [0.4, 0.5) is 17.1 Å². The van der Waals surface area contributed by atoms with E-state index in [9.17, 15) is 0 Å². The van der Waals surface area contributed by atoms with E-state index in [1.54, 1.807) is 0 Å². The molecule has 0 N–H and O–H groups in total. The van der Waals surface area contributed by atoms with Gasteiger partial charge in [0.25, 0.3) is 0 Å². The van der Waals surface area contributed by atoms with Gasteiger partial charge < -0.3 is 9.47 Å². The van der Waals surface area contributed by atoms with Gasteiger partial charge in [-0.05, 0) is 93.5 Å². The van der Waals surface area contributed by atoms with Crippen LogP contribution in [0.5, 0.6) is 0 Å². The Morgan fingerprint density at radius 2 is 0.696 bits per heavy atom. The lowest BCUT2D eigenvalue weighted by molar-refractivity contribution is 1.18. The number of anilines is 3. The van der Waals surface area contributed by atoms with Crippen molar-refractivity contribution in [1.82, 2.24) is 4.57 Å². The van der Waals surface area contributed by atoms with Crippen molar-refractivity contribution in [3.63, 3.8) is 0 Å². The van der Waals surface area contributed by atoms with Crippen LogP contribution in [-0.4, -0.2) is 4.57 Å². The van der Waals surface area contributed by atoms with Crippen molar-refractivity contribution >= 4 is 38.9 Å². The summed E-state index contributed by atoms with van der Waals surface area (Å²) in [5, 5.41) is 2.53. The van der Waals surface area contributed by atoms with Gasteiger partial charge in [-0.25, -0.2) is 0 Å². The molecule has 0 bridgehead atoms. The second kappa shape index (κ2) is 14.4. The molecule has 0 radical (unpaired) electrons. The zero-order valence-corrected chi connectivity index (χ0v) is 30.8. The van der Waals surface area contributed by atoms with Crippen LogP contribution in [0.15, 0.2) is 231 Å². The predicted octanol–water partition coefficient (Wildman–Crippen LogP) is 14.9. The molecule has 0 atom stereocenters. The molecule has 0 amide bonds. The Balaban J connectivity index is 1.10. The summed E-state index contributed by atoms with van der Waals surface area (Å²) >= 11 is 0. The Kier molecular flexibility index (Phi) is 8.55. The molecule has 0 aliphatic rings. The Labute approximate surface area is 327 Å². The van der Waals surface area contributed by atoms with Crippen LogP contribution in [-0.2, 0) is 0 Å². The van der Waals surface area contributed by atoms with E-state index in [1.165, 1.54) is 60.8 Å². The number of para-hydroxylation sites is 2. The second-order valence-electron chi connectivity index (χ2n) is 14.2. The van der Waals surface area contributed by atoms with Crippen molar-refractivity contribution in [2.24, 2.45) is 0 Å². The van der Waals surface area contributed by atoms with E-state index < -0.39 is 0 Å². The van der Waals surface area contributed by atoms with Crippen molar-refractivity contribution in [3.8, 4) is 50.2 Å². The van der Waals surface area contributed by atoms with E-state index >= 15 is 0 Å². The molecule has 0 unspecified atom stereocenters. The van der Waals surface area contributed by atoms with E-state index in [1.807, 2.05) is 0 Å². The fraction of sp³-hybridized carbons (Fsp3) is 0. The molecule has 1 heterocycles. The maximum Gasteiger partial charge on any atom is 0.0546 e. The molecule has 0 spiro atoms. The summed E-state index contributed by atoms with van der Waals surface area (Å²) in [6.45, 7) is 0. The smallest absolute Gasteiger partial charge is 0.0546 e. The van der Waals surface area contributed by atoms with E-state index in [0.717, 1.165) is 28.3 Å². The van der Waals surface area contributed by atoms with Gasteiger partial charge in [0.05, 0.1) is 16.7 Å². The van der Waals surface area contributed by atoms with Crippen molar-refractivity contribution in [3.05, 3.63) is 231 Å². The van der Waals surface area contributed by atoms with Gasteiger partial charge in [0.1, 0.15) is 0 Å². The van der Waals surface area contributed by atoms with Crippen LogP contribution in [0, 0.1) is 0 Å². The molecular weight excluding hydrogens is 677 g/mol. The minimum Gasteiger partial charge on any atom is -0.310 e. The molecule has 9 aromatic carbocycles. The molecule has 56 heavy (non-hydrogen) atoms. The normalized spacial score (nSPS) is 11.2. The quantitative estimate of drug-likeness (QED) is 0.152. The number of fused-ring (bicyclic) bond motifs is 3. The van der Waals surface area contributed by atoms with Crippen LogP contribution in [0.25, 0.3) is 72.0 Å². The summed E-state index contributed by atoms with van der Waals surface area (Å²) in [7, 11) is 0. The molecule has 0 aliphatic carbocycles. The minimum absolute atomic E-state index is 1.09. The van der Waals surface area contributed by atoms with Gasteiger partial charge in [-0.1, -0.05) is 176 Å². The summed E-state index contributed by atoms with van der Waals surface area (Å²) in [6, 6.07) is 83.1. The Hall–Kier alpha value is -7.42. The predicted molar refractivity (Wildman–Crippen MR) is 237 cm³/mol. The molecule has 10 aromatic rings. The third-order valence-electron chi connectivity index (χ3n) is 10.8. The number of rotatable bonds is 8. The first kappa shape index (κ1) is 33.2. The maximum atomic E-state index is 2.40. The lowest BCUT2D eigenvalue weighted by Gasteiger charge is -2.29. The third-order valence-corrected chi connectivity index (χ3v) is 10.8. The van der Waals surface area contributed by atoms with E-state index in [0.29, 0.717) is 0 Å². The average Bonchev–Trinajstić information content (AvgIpc) is 3.62. The molecular formula is C54H38N2. The molecule has 10 rings (SSSR count). The first-order valence-electron chi connectivity index (χ1n) is 19.2. The number of aromatic nitrogens is 1. The van der Waals surface area contributed by atoms with Crippen LogP contribution in [0.1, 0.15) is 0 Å². The lowest BCUT2D eigenvalue weighted by Crippen LogP contribution is -2.11. The van der Waals surface area contributed by atoms with Gasteiger partial charge >= 0.3 is 0 Å². The molecule has 0 saturated heterocycles. The minimum atomic E-state index is 1.09. The van der Waals surface area contributed by atoms with Crippen LogP contribution < -0.4 is 4.90 Å². The summed E-state index contributed by atoms with van der Waals surface area (Å²) in [5.74, 6) is 0. The first-order chi connectivity index (χ1) is 27.8. The first-order valence-corrected chi connectivity index (χ1v) is 19.2. The fourth-order valence-corrected chi connectivity index (χ4v) is 8.08. The number of benzene rings is 9. The molecule has 1 aromatic heterocycles. The highest BCUT2D eigenvalue weighted by Crippen LogP contribution is 2.44. The van der Waals surface area contributed by atoms with Gasteiger partial charge in [-0.15, -0.1) is 0 Å². The monoisotopic (exact) mass is 714 g/mol. The van der Waals surface area contributed by atoms with Crippen molar-refractivity contribution < 1.29 is 0 Å². The highest BCUT2D eigenvalue weighted by Gasteiger charge is 2.19. The molecule has 2 heteroatoms. The standard InChI is InChI=1S/C54H38N2/c1-4-15-39(16-5-1)41-27-32-46(33-28-41)55(54-38-45(40-17-6-2-7-18-40)31-36-49(54)43-19-8-3-9-20-43)47-34-29-42(30-35-47)44-21-14-22-48(37-44)56-52-25-12-10-23-50(52)51-24-11-13-26-53(51)56/h1-38H. The average molecular weight is 715 g/mol. The topological polar surface area (TPSA) is 8.17 Å². The fourth-order valence-electron chi connectivity index (χ4n) is 8.08. The Bertz CT molecular complexity index is 2870. The molecule has 0 fully saturated rings. The van der Waals surface area contributed by atoms with Crippen molar-refractivity contribution in [2.45, 2.75) is 0 Å². The number of hydrogen-bond donors (Lipinski definition) is 0. The van der Waals surface area contributed by atoms with Gasteiger partial charge in [0, 0.05) is 33.4 Å². The molecule has 2 nitrogen and oxygen atoms in total. The molecule has 0 aliphatic heterocycles. The van der Waals surface area contributed by atoms with Crippen molar-refractivity contribution in [2.75, 3.05) is 4.90 Å². The van der Waals surface area contributed by atoms with Crippen molar-refractivity contribution in [1.29, 1.82) is 0 Å². The van der Waals surface area contributed by atoms with Gasteiger partial charge in [0.15, 0.2) is 0 Å². The third kappa shape index (κ3) is 6.14. The van der Waals surface area contributed by atoms with Gasteiger partial charge in [0.2, 0.25) is 0 Å². The summed E-state index contributed by atoms with van der Waals surface area (Å²) in [6.07, 6.45) is 0. The number of hydrogen-bond acceptors (Lipinski definition) is 1. The Morgan fingerprint density at radius 3 is 1.27 bits per heavy atom. The maximum absolute atomic E-state index is 2.40. The second-order valence-corrected chi connectivity index (χ2v) is 14.2. The zero-order valence-electron chi connectivity index (χ0n) is 30.8. The van der Waals surface area contributed by atoms with Crippen LogP contribution in [0.2, 0.25) is 0 Å². The molecule has 0 saturated carbocycles. The zero-order chi connectivity index (χ0) is 37.3. The summed E-state index contributed by atoms with van der Waals surface area (Å²) in [4.78, 5) is 2.40. The van der Waals surface area contributed by atoms with Crippen LogP contribution in [0.3, 0.4) is 0 Å². The number of nitrogens with zero attached hydrogens (tertiary/aromatic N) is 2. The Morgan fingerprint density at radius 1 is 0.286 bits per heavy atom. The van der Waals surface area contributed by atoms with Crippen LogP contribution >= 0.6 is 0 Å². The van der Waals surface area contributed by atoms with E-state index in [4.69, 9.17) is 0 Å².